The number of urea groups is 1. The van der Waals surface area contributed by atoms with E-state index in [0.717, 1.165) is 10.5 Å². The fourth-order valence-corrected chi connectivity index (χ4v) is 2.10. The van der Waals surface area contributed by atoms with Crippen LogP contribution >= 0.6 is 0 Å². The first kappa shape index (κ1) is 13.2. The highest BCUT2D eigenvalue weighted by Crippen LogP contribution is 2.26. The van der Waals surface area contributed by atoms with Crippen LogP contribution in [0.25, 0.3) is 0 Å². The average Bonchev–Trinajstić information content (AvgIpc) is 2.30. The van der Waals surface area contributed by atoms with Crippen molar-refractivity contribution in [1.82, 2.24) is 10.3 Å². The van der Waals surface area contributed by atoms with Gasteiger partial charge in [0.1, 0.15) is 5.92 Å². The molecule has 1 atom stereocenters. The Hall–Kier alpha value is -2.24. The monoisotopic (exact) mass is 261 g/mol. The number of hydrogen-bond donors (Lipinski definition) is 1. The van der Waals surface area contributed by atoms with Gasteiger partial charge >= 0.3 is 6.03 Å². The lowest BCUT2D eigenvalue weighted by Gasteiger charge is -2.32. The molecule has 0 aromatic carbocycles. The number of hydrogen-bond acceptors (Lipinski definition) is 4. The Morgan fingerprint density at radius 2 is 2.00 bits per heavy atom. The molecule has 6 nitrogen and oxygen atoms in total. The molecule has 19 heavy (non-hydrogen) atoms. The minimum absolute atomic E-state index is 0.180. The van der Waals surface area contributed by atoms with Crippen molar-refractivity contribution in [3.63, 3.8) is 0 Å². The zero-order valence-electron chi connectivity index (χ0n) is 11.0. The van der Waals surface area contributed by atoms with Crippen LogP contribution in [0.1, 0.15) is 19.4 Å². The normalized spacial score (nSPS) is 19.9. The van der Waals surface area contributed by atoms with Crippen LogP contribution in [-0.4, -0.2) is 22.8 Å². The molecule has 1 aliphatic rings. The highest BCUT2D eigenvalue weighted by atomic mass is 16.2. The van der Waals surface area contributed by atoms with Gasteiger partial charge in [-0.25, -0.2) is 9.69 Å². The van der Waals surface area contributed by atoms with Crippen LogP contribution in [0.3, 0.4) is 0 Å². The van der Waals surface area contributed by atoms with Crippen molar-refractivity contribution in [3.05, 3.63) is 24.0 Å². The third-order valence-corrected chi connectivity index (χ3v) is 3.12. The molecule has 1 saturated heterocycles. The van der Waals surface area contributed by atoms with Crippen molar-refractivity contribution < 1.29 is 14.4 Å². The standard InChI is InChI=1S/C13H15N3O3/c1-7(2)10-11(17)15-13(19)16(12(10)18)9-6-14-5-4-8(9)3/h4-7,10H,1-3H3,(H,15,17,19). The van der Waals surface area contributed by atoms with Gasteiger partial charge in [-0.1, -0.05) is 13.8 Å². The molecule has 0 radical (unpaired) electrons. The lowest BCUT2D eigenvalue weighted by molar-refractivity contribution is -0.136. The number of pyridine rings is 1. The summed E-state index contributed by atoms with van der Waals surface area (Å²) in [7, 11) is 0. The molecule has 6 heteroatoms. The summed E-state index contributed by atoms with van der Waals surface area (Å²) in [6.45, 7) is 5.32. The van der Waals surface area contributed by atoms with Gasteiger partial charge in [0.25, 0.3) is 0 Å². The summed E-state index contributed by atoms with van der Waals surface area (Å²) < 4.78 is 0. The molecule has 1 unspecified atom stereocenters. The number of aryl methyl sites for hydroxylation is 1. The predicted molar refractivity (Wildman–Crippen MR) is 68.3 cm³/mol. The molecule has 1 aliphatic heterocycles. The fourth-order valence-electron chi connectivity index (χ4n) is 2.10. The Bertz CT molecular complexity index is 554. The van der Waals surface area contributed by atoms with Gasteiger partial charge in [-0.15, -0.1) is 0 Å². The summed E-state index contributed by atoms with van der Waals surface area (Å²) in [5, 5.41) is 2.22. The smallest absolute Gasteiger partial charge is 0.277 e. The van der Waals surface area contributed by atoms with Gasteiger partial charge in [-0.3, -0.25) is 19.9 Å². The van der Waals surface area contributed by atoms with Gasteiger partial charge in [0, 0.05) is 6.20 Å². The summed E-state index contributed by atoms with van der Waals surface area (Å²) in [6, 6.07) is 0.986. The molecule has 4 amide bonds. The Morgan fingerprint density at radius 3 is 2.58 bits per heavy atom. The Kier molecular flexibility index (Phi) is 3.33. The number of aromatic nitrogens is 1. The van der Waals surface area contributed by atoms with E-state index in [0.29, 0.717) is 5.69 Å². The fraction of sp³-hybridized carbons (Fsp3) is 0.385. The zero-order valence-corrected chi connectivity index (χ0v) is 11.0. The first-order valence-electron chi connectivity index (χ1n) is 6.03. The molecular formula is C13H15N3O3. The van der Waals surface area contributed by atoms with Crippen LogP contribution in [0, 0.1) is 18.8 Å². The van der Waals surface area contributed by atoms with Crippen LogP contribution in [0.15, 0.2) is 18.5 Å². The molecule has 1 fully saturated rings. The van der Waals surface area contributed by atoms with Crippen LogP contribution in [0.2, 0.25) is 0 Å². The molecule has 1 N–H and O–H groups in total. The van der Waals surface area contributed by atoms with Gasteiger partial charge in [-0.2, -0.15) is 0 Å². The maximum atomic E-state index is 12.4. The average molecular weight is 261 g/mol. The van der Waals surface area contributed by atoms with Gasteiger partial charge in [0.2, 0.25) is 11.8 Å². The second kappa shape index (κ2) is 4.79. The van der Waals surface area contributed by atoms with Gasteiger partial charge in [0.05, 0.1) is 11.9 Å². The van der Waals surface area contributed by atoms with Crippen LogP contribution in [0.4, 0.5) is 10.5 Å². The molecule has 1 aromatic heterocycles. The molecule has 1 aromatic rings. The van der Waals surface area contributed by atoms with Crippen molar-refractivity contribution in [3.8, 4) is 0 Å². The van der Waals surface area contributed by atoms with Crippen molar-refractivity contribution in [2.45, 2.75) is 20.8 Å². The first-order chi connectivity index (χ1) is 8.93. The SMILES string of the molecule is Cc1ccncc1N1C(=O)NC(=O)C(C(C)C)C1=O. The molecule has 0 bridgehead atoms. The summed E-state index contributed by atoms with van der Waals surface area (Å²) in [5.74, 6) is -2.07. The maximum absolute atomic E-state index is 12.4. The van der Waals surface area contributed by atoms with E-state index >= 15 is 0 Å². The molecule has 0 aliphatic carbocycles. The number of carbonyl (C=O) groups excluding carboxylic acids is 3. The molecule has 100 valence electrons. The molecule has 2 rings (SSSR count). The number of nitrogens with zero attached hydrogens (tertiary/aromatic N) is 2. The number of rotatable bonds is 2. The topological polar surface area (TPSA) is 79.4 Å². The molecule has 0 spiro atoms. The Labute approximate surface area is 110 Å². The minimum atomic E-state index is -0.850. The number of barbiturate groups is 1. The lowest BCUT2D eigenvalue weighted by Crippen LogP contribution is -2.59. The van der Waals surface area contributed by atoms with E-state index in [4.69, 9.17) is 0 Å². The van der Waals surface area contributed by atoms with Crippen LogP contribution in [0.5, 0.6) is 0 Å². The largest absolute Gasteiger partial charge is 0.335 e. The lowest BCUT2D eigenvalue weighted by atomic mass is 9.91. The highest BCUT2D eigenvalue weighted by Gasteiger charge is 2.43. The highest BCUT2D eigenvalue weighted by molar-refractivity contribution is 6.27. The van der Waals surface area contributed by atoms with E-state index in [-0.39, 0.29) is 5.92 Å². The second-order valence-corrected chi connectivity index (χ2v) is 4.85. The third-order valence-electron chi connectivity index (χ3n) is 3.12. The van der Waals surface area contributed by atoms with E-state index < -0.39 is 23.8 Å². The van der Waals surface area contributed by atoms with Crippen molar-refractivity contribution in [1.29, 1.82) is 0 Å². The minimum Gasteiger partial charge on any atom is -0.277 e. The summed E-state index contributed by atoms with van der Waals surface area (Å²) in [4.78, 5) is 40.9. The second-order valence-electron chi connectivity index (χ2n) is 4.85. The summed E-state index contributed by atoms with van der Waals surface area (Å²) in [6.07, 6.45) is 3.02. The number of nitrogens with one attached hydrogen (secondary N) is 1. The Morgan fingerprint density at radius 1 is 1.32 bits per heavy atom. The number of anilines is 1. The van der Waals surface area contributed by atoms with E-state index in [1.807, 2.05) is 0 Å². The number of imide groups is 2. The van der Waals surface area contributed by atoms with Crippen molar-refractivity contribution in [2.24, 2.45) is 11.8 Å². The van der Waals surface area contributed by atoms with Crippen LogP contribution < -0.4 is 10.2 Å². The van der Waals surface area contributed by atoms with Gasteiger partial charge < -0.3 is 0 Å². The van der Waals surface area contributed by atoms with Gasteiger partial charge in [0.15, 0.2) is 0 Å². The van der Waals surface area contributed by atoms with E-state index in [9.17, 15) is 14.4 Å². The van der Waals surface area contributed by atoms with E-state index in [1.54, 1.807) is 33.0 Å². The molecule has 0 saturated carbocycles. The van der Waals surface area contributed by atoms with E-state index in [2.05, 4.69) is 10.3 Å². The summed E-state index contributed by atoms with van der Waals surface area (Å²) >= 11 is 0. The predicted octanol–water partition coefficient (Wildman–Crippen LogP) is 1.25. The number of carbonyl (C=O) groups is 3. The van der Waals surface area contributed by atoms with Gasteiger partial charge in [-0.05, 0) is 24.5 Å². The first-order valence-corrected chi connectivity index (χ1v) is 6.03. The van der Waals surface area contributed by atoms with E-state index in [1.165, 1.54) is 6.20 Å². The van der Waals surface area contributed by atoms with Crippen LogP contribution in [-0.2, 0) is 9.59 Å². The number of amides is 4. The Balaban J connectivity index is 2.45. The quantitative estimate of drug-likeness (QED) is 0.812. The molecule has 2 heterocycles. The third kappa shape index (κ3) is 2.21. The zero-order chi connectivity index (χ0) is 14.2. The summed E-state index contributed by atoms with van der Waals surface area (Å²) in [5.41, 5.74) is 1.15. The van der Waals surface area contributed by atoms with Crippen molar-refractivity contribution in [2.75, 3.05) is 4.90 Å². The molecular weight excluding hydrogens is 246 g/mol. The maximum Gasteiger partial charge on any atom is 0.335 e. The van der Waals surface area contributed by atoms with Crippen molar-refractivity contribution >= 4 is 23.5 Å².